The summed E-state index contributed by atoms with van der Waals surface area (Å²) in [6.07, 6.45) is 4.66. The highest BCUT2D eigenvalue weighted by atomic mass is 16.6. The van der Waals surface area contributed by atoms with Gasteiger partial charge in [0.2, 0.25) is 5.88 Å². The van der Waals surface area contributed by atoms with Crippen LogP contribution in [-0.4, -0.2) is 37.4 Å². The summed E-state index contributed by atoms with van der Waals surface area (Å²) in [4.78, 5) is 15.7. The summed E-state index contributed by atoms with van der Waals surface area (Å²) < 4.78 is 15.6. The lowest BCUT2D eigenvalue weighted by molar-refractivity contribution is -0.0300. The van der Waals surface area contributed by atoms with Crippen LogP contribution >= 0.6 is 0 Å². The van der Waals surface area contributed by atoms with Crippen LogP contribution in [0.2, 0.25) is 0 Å². The third kappa shape index (κ3) is 3.43. The minimum absolute atomic E-state index is 0.0360. The van der Waals surface area contributed by atoms with Gasteiger partial charge in [-0.1, -0.05) is 0 Å². The second-order valence-electron chi connectivity index (χ2n) is 4.18. The number of pyridine rings is 1. The summed E-state index contributed by atoms with van der Waals surface area (Å²) in [6, 6.07) is 3.27. The fraction of sp³-hybridized carbons (Fsp3) is 0.538. The van der Waals surface area contributed by atoms with Gasteiger partial charge in [-0.25, -0.2) is 9.78 Å². The molecule has 0 saturated carbocycles. The highest BCUT2D eigenvalue weighted by molar-refractivity contribution is 5.89. The monoisotopic (exact) mass is 251 g/mol. The number of ether oxygens (including phenoxy) is 3. The average Bonchev–Trinajstić information content (AvgIpc) is 2.46. The third-order valence-electron chi connectivity index (χ3n) is 2.86. The van der Waals surface area contributed by atoms with Gasteiger partial charge in [0.05, 0.1) is 18.8 Å². The highest BCUT2D eigenvalue weighted by Gasteiger charge is 2.16. The van der Waals surface area contributed by atoms with Crippen LogP contribution in [0.1, 0.15) is 29.6 Å². The molecule has 0 aromatic carbocycles. The fourth-order valence-electron chi connectivity index (χ4n) is 1.81. The molecule has 98 valence electrons. The smallest absolute Gasteiger partial charge is 0.339 e. The van der Waals surface area contributed by atoms with Gasteiger partial charge in [-0.2, -0.15) is 0 Å². The molecule has 1 aromatic rings. The van der Waals surface area contributed by atoms with Gasteiger partial charge in [0, 0.05) is 18.9 Å². The van der Waals surface area contributed by atoms with E-state index in [4.69, 9.17) is 14.2 Å². The first-order chi connectivity index (χ1) is 8.79. The second kappa shape index (κ2) is 6.35. The maximum atomic E-state index is 11.7. The topological polar surface area (TPSA) is 57.7 Å². The fourth-order valence-corrected chi connectivity index (χ4v) is 1.81. The molecule has 1 atom stereocenters. The van der Waals surface area contributed by atoms with Crippen LogP contribution in [0.15, 0.2) is 18.3 Å². The minimum atomic E-state index is -0.376. The molecule has 0 aliphatic carbocycles. The molecule has 0 amide bonds. The van der Waals surface area contributed by atoms with Crippen LogP contribution in [0.25, 0.3) is 0 Å². The van der Waals surface area contributed by atoms with Gasteiger partial charge in [-0.05, 0) is 25.3 Å². The standard InChI is InChI=1S/C13H17NO4/c1-16-12-6-5-10(8-14-12)13(15)18-9-11-4-2-3-7-17-11/h5-6,8,11H,2-4,7,9H2,1H3. The molecule has 5 nitrogen and oxygen atoms in total. The van der Waals surface area contributed by atoms with Crippen LogP contribution in [0.5, 0.6) is 5.88 Å². The van der Waals surface area contributed by atoms with Gasteiger partial charge in [0.1, 0.15) is 6.61 Å². The van der Waals surface area contributed by atoms with E-state index in [1.165, 1.54) is 13.3 Å². The predicted octanol–water partition coefficient (Wildman–Crippen LogP) is 1.82. The van der Waals surface area contributed by atoms with Gasteiger partial charge in [-0.15, -0.1) is 0 Å². The van der Waals surface area contributed by atoms with Crippen molar-refractivity contribution in [1.29, 1.82) is 0 Å². The zero-order valence-corrected chi connectivity index (χ0v) is 10.4. The molecule has 2 rings (SSSR count). The van der Waals surface area contributed by atoms with Crippen molar-refractivity contribution in [2.45, 2.75) is 25.4 Å². The number of nitrogens with zero attached hydrogens (tertiary/aromatic N) is 1. The Morgan fingerprint density at radius 3 is 3.00 bits per heavy atom. The normalized spacial score (nSPS) is 19.3. The van der Waals surface area contributed by atoms with E-state index < -0.39 is 0 Å². The third-order valence-corrected chi connectivity index (χ3v) is 2.86. The lowest BCUT2D eigenvalue weighted by atomic mass is 10.1. The number of hydrogen-bond donors (Lipinski definition) is 0. The second-order valence-corrected chi connectivity index (χ2v) is 4.18. The van der Waals surface area contributed by atoms with Gasteiger partial charge >= 0.3 is 5.97 Å². The number of methoxy groups -OCH3 is 1. The van der Waals surface area contributed by atoms with Gasteiger partial charge in [0.25, 0.3) is 0 Å². The van der Waals surface area contributed by atoms with Crippen LogP contribution in [0, 0.1) is 0 Å². The zero-order chi connectivity index (χ0) is 12.8. The van der Waals surface area contributed by atoms with E-state index in [0.29, 0.717) is 18.1 Å². The van der Waals surface area contributed by atoms with E-state index in [0.717, 1.165) is 25.9 Å². The molecule has 1 aliphatic heterocycles. The van der Waals surface area contributed by atoms with Gasteiger partial charge in [0.15, 0.2) is 0 Å². The van der Waals surface area contributed by atoms with Crippen molar-refractivity contribution in [2.24, 2.45) is 0 Å². The molecule has 0 spiro atoms. The molecule has 5 heteroatoms. The highest BCUT2D eigenvalue weighted by Crippen LogP contribution is 2.14. The molecule has 1 fully saturated rings. The Labute approximate surface area is 106 Å². The molecule has 1 unspecified atom stereocenters. The van der Waals surface area contributed by atoms with Crippen LogP contribution in [-0.2, 0) is 9.47 Å². The molecule has 0 N–H and O–H groups in total. The first-order valence-corrected chi connectivity index (χ1v) is 6.08. The molecule has 2 heterocycles. The molecule has 1 saturated heterocycles. The predicted molar refractivity (Wildman–Crippen MR) is 64.7 cm³/mol. The number of rotatable bonds is 4. The quantitative estimate of drug-likeness (QED) is 0.764. The number of carbonyl (C=O) groups is 1. The molecule has 0 radical (unpaired) electrons. The lowest BCUT2D eigenvalue weighted by Crippen LogP contribution is -2.25. The Hall–Kier alpha value is -1.62. The average molecular weight is 251 g/mol. The Bertz CT molecular complexity index is 384. The first-order valence-electron chi connectivity index (χ1n) is 6.08. The molecule has 1 aliphatic rings. The van der Waals surface area contributed by atoms with Crippen molar-refractivity contribution >= 4 is 5.97 Å². The maximum Gasteiger partial charge on any atom is 0.339 e. The summed E-state index contributed by atoms with van der Waals surface area (Å²) in [5, 5.41) is 0. The van der Waals surface area contributed by atoms with E-state index in [-0.39, 0.29) is 12.1 Å². The van der Waals surface area contributed by atoms with E-state index in [1.54, 1.807) is 12.1 Å². The van der Waals surface area contributed by atoms with Crippen LogP contribution < -0.4 is 4.74 Å². The van der Waals surface area contributed by atoms with Crippen molar-refractivity contribution in [1.82, 2.24) is 4.98 Å². The summed E-state index contributed by atoms with van der Waals surface area (Å²) in [5.74, 6) is 0.0986. The first kappa shape index (κ1) is 12.8. The molecular weight excluding hydrogens is 234 g/mol. The molecule has 1 aromatic heterocycles. The Balaban J connectivity index is 1.82. The SMILES string of the molecule is COc1ccc(C(=O)OCC2CCCCO2)cn1. The van der Waals surface area contributed by atoms with Crippen molar-refractivity contribution in [3.05, 3.63) is 23.9 Å². The van der Waals surface area contributed by atoms with E-state index in [9.17, 15) is 4.79 Å². The largest absolute Gasteiger partial charge is 0.481 e. The molecule has 18 heavy (non-hydrogen) atoms. The van der Waals surface area contributed by atoms with Gasteiger partial charge in [-0.3, -0.25) is 0 Å². The van der Waals surface area contributed by atoms with E-state index in [2.05, 4.69) is 4.98 Å². The van der Waals surface area contributed by atoms with Crippen LogP contribution in [0.4, 0.5) is 0 Å². The maximum absolute atomic E-state index is 11.7. The van der Waals surface area contributed by atoms with Crippen LogP contribution in [0.3, 0.4) is 0 Å². The zero-order valence-electron chi connectivity index (χ0n) is 10.4. The number of aromatic nitrogens is 1. The van der Waals surface area contributed by atoms with Crippen molar-refractivity contribution in [2.75, 3.05) is 20.3 Å². The Morgan fingerprint density at radius 2 is 2.39 bits per heavy atom. The summed E-state index contributed by atoms with van der Waals surface area (Å²) >= 11 is 0. The molecule has 0 bridgehead atoms. The van der Waals surface area contributed by atoms with Crippen molar-refractivity contribution in [3.63, 3.8) is 0 Å². The summed E-state index contributed by atoms with van der Waals surface area (Å²) in [5.41, 5.74) is 0.423. The minimum Gasteiger partial charge on any atom is -0.481 e. The van der Waals surface area contributed by atoms with E-state index in [1.807, 2.05) is 0 Å². The number of hydrogen-bond acceptors (Lipinski definition) is 5. The summed E-state index contributed by atoms with van der Waals surface area (Å²) in [7, 11) is 1.53. The molecular formula is C13H17NO4. The lowest BCUT2D eigenvalue weighted by Gasteiger charge is -2.21. The number of esters is 1. The van der Waals surface area contributed by atoms with Crippen molar-refractivity contribution in [3.8, 4) is 5.88 Å². The van der Waals surface area contributed by atoms with Gasteiger partial charge < -0.3 is 14.2 Å². The Kier molecular flexibility index (Phi) is 4.52. The van der Waals surface area contributed by atoms with Crippen molar-refractivity contribution < 1.29 is 19.0 Å². The summed E-state index contributed by atoms with van der Waals surface area (Å²) in [6.45, 7) is 1.07. The number of carbonyl (C=O) groups excluding carboxylic acids is 1. The Morgan fingerprint density at radius 1 is 1.50 bits per heavy atom. The van der Waals surface area contributed by atoms with E-state index >= 15 is 0 Å².